The van der Waals surface area contributed by atoms with Crippen LogP contribution in [0, 0.1) is 6.92 Å². The molecule has 0 unspecified atom stereocenters. The van der Waals surface area contributed by atoms with Crippen molar-refractivity contribution in [3.05, 3.63) is 65.4 Å². The van der Waals surface area contributed by atoms with E-state index < -0.39 is 0 Å². The Labute approximate surface area is 178 Å². The number of hydrogen-bond donors (Lipinski definition) is 2. The number of nitrogens with one attached hydrogen (secondary N) is 2. The first-order chi connectivity index (χ1) is 14.5. The average molecular weight is 420 g/mol. The van der Waals surface area contributed by atoms with Gasteiger partial charge in [-0.3, -0.25) is 14.9 Å². The molecule has 0 spiro atoms. The van der Waals surface area contributed by atoms with Gasteiger partial charge in [0.2, 0.25) is 0 Å². The number of aromatic amines is 1. The van der Waals surface area contributed by atoms with Crippen molar-refractivity contribution in [2.45, 2.75) is 26.9 Å². The molecular weight excluding hydrogens is 398 g/mol. The number of carbonyl (C=O) groups is 1. The van der Waals surface area contributed by atoms with Gasteiger partial charge >= 0.3 is 0 Å². The van der Waals surface area contributed by atoms with Gasteiger partial charge in [-0.15, -0.1) is 11.3 Å². The first kappa shape index (κ1) is 19.8. The number of carbonyl (C=O) groups excluding carboxylic acids is 1. The Morgan fingerprint density at radius 2 is 1.83 bits per heavy atom. The molecular formula is C22H21N5O2S. The lowest BCUT2D eigenvalue weighted by Gasteiger charge is -2.09. The number of aromatic nitrogens is 4. The van der Waals surface area contributed by atoms with E-state index in [0.29, 0.717) is 11.5 Å². The van der Waals surface area contributed by atoms with Crippen LogP contribution in [0.1, 0.15) is 29.9 Å². The Kier molecular flexibility index (Phi) is 5.58. The van der Waals surface area contributed by atoms with Crippen molar-refractivity contribution in [3.8, 4) is 27.6 Å². The molecule has 3 aromatic heterocycles. The van der Waals surface area contributed by atoms with Crippen LogP contribution in [-0.2, 0) is 0 Å². The van der Waals surface area contributed by atoms with Gasteiger partial charge in [0.05, 0.1) is 11.8 Å². The molecule has 8 heteroatoms. The topological polar surface area (TPSA) is 92.8 Å². The number of hydrogen-bond acceptors (Lipinski definition) is 6. The van der Waals surface area contributed by atoms with E-state index in [2.05, 4.69) is 25.5 Å². The summed E-state index contributed by atoms with van der Waals surface area (Å²) in [6.45, 7) is 5.88. The summed E-state index contributed by atoms with van der Waals surface area (Å²) in [4.78, 5) is 21.2. The Bertz CT molecular complexity index is 1150. The van der Waals surface area contributed by atoms with Crippen LogP contribution in [0.4, 0.5) is 5.82 Å². The minimum atomic E-state index is -0.298. The zero-order chi connectivity index (χ0) is 21.1. The number of ether oxygens (including phenoxy) is 1. The second kappa shape index (κ2) is 8.46. The number of pyridine rings is 1. The summed E-state index contributed by atoms with van der Waals surface area (Å²) < 4.78 is 5.67. The normalized spacial score (nSPS) is 10.9. The minimum absolute atomic E-state index is 0.121. The molecule has 0 atom stereocenters. The van der Waals surface area contributed by atoms with E-state index in [1.54, 1.807) is 17.8 Å². The second-order valence-electron chi connectivity index (χ2n) is 6.99. The van der Waals surface area contributed by atoms with Crippen LogP contribution in [0.2, 0.25) is 0 Å². The average Bonchev–Trinajstić information content (AvgIpc) is 3.37. The fourth-order valence-corrected chi connectivity index (χ4v) is 3.76. The third-order valence-corrected chi connectivity index (χ3v) is 5.31. The molecule has 0 bridgehead atoms. The molecule has 0 aliphatic rings. The summed E-state index contributed by atoms with van der Waals surface area (Å²) in [6, 6.07) is 11.5. The van der Waals surface area contributed by atoms with Gasteiger partial charge in [-0.25, -0.2) is 4.98 Å². The van der Waals surface area contributed by atoms with Crippen molar-refractivity contribution < 1.29 is 9.53 Å². The zero-order valence-electron chi connectivity index (χ0n) is 16.8. The molecule has 3 heterocycles. The molecule has 1 amide bonds. The molecule has 0 saturated carbocycles. The highest BCUT2D eigenvalue weighted by molar-refractivity contribution is 7.13. The monoisotopic (exact) mass is 419 g/mol. The van der Waals surface area contributed by atoms with Gasteiger partial charge in [0.15, 0.2) is 5.82 Å². The van der Waals surface area contributed by atoms with Crippen LogP contribution < -0.4 is 10.1 Å². The van der Waals surface area contributed by atoms with E-state index in [1.165, 1.54) is 11.3 Å². The minimum Gasteiger partial charge on any atom is -0.491 e. The fraction of sp³-hybridized carbons (Fsp3) is 0.182. The van der Waals surface area contributed by atoms with E-state index in [4.69, 9.17) is 4.74 Å². The predicted molar refractivity (Wildman–Crippen MR) is 118 cm³/mol. The van der Waals surface area contributed by atoms with Crippen LogP contribution in [-0.4, -0.2) is 32.2 Å². The van der Waals surface area contributed by atoms with Gasteiger partial charge in [-0.1, -0.05) is 0 Å². The Hall–Kier alpha value is -3.52. The number of anilines is 1. The molecule has 2 N–H and O–H groups in total. The predicted octanol–water partition coefficient (Wildman–Crippen LogP) is 4.94. The van der Waals surface area contributed by atoms with Crippen LogP contribution in [0.3, 0.4) is 0 Å². The smallest absolute Gasteiger partial charge is 0.276 e. The molecule has 0 saturated heterocycles. The molecule has 0 aliphatic carbocycles. The quantitative estimate of drug-likeness (QED) is 0.462. The summed E-state index contributed by atoms with van der Waals surface area (Å²) in [5.74, 6) is 0.993. The maximum absolute atomic E-state index is 12.7. The number of benzene rings is 1. The van der Waals surface area contributed by atoms with Gasteiger partial charge in [0.25, 0.3) is 5.91 Å². The number of thiazole rings is 1. The largest absolute Gasteiger partial charge is 0.491 e. The number of H-pyrrole nitrogens is 1. The van der Waals surface area contributed by atoms with E-state index in [9.17, 15) is 4.79 Å². The van der Waals surface area contributed by atoms with Crippen molar-refractivity contribution >= 4 is 23.1 Å². The highest BCUT2D eigenvalue weighted by Crippen LogP contribution is 2.28. The Balaban J connectivity index is 1.48. The maximum atomic E-state index is 12.7. The SMILES string of the molecule is Cc1c(NC(=O)c2csc(-c3ccc(OC(C)C)cc3)n2)n[nH]c1-c1ccncc1. The fourth-order valence-electron chi connectivity index (χ4n) is 2.95. The molecule has 1 aromatic carbocycles. The highest BCUT2D eigenvalue weighted by atomic mass is 32.1. The zero-order valence-corrected chi connectivity index (χ0v) is 17.7. The van der Waals surface area contributed by atoms with Crippen molar-refractivity contribution in [1.29, 1.82) is 0 Å². The van der Waals surface area contributed by atoms with Crippen LogP contribution in [0.5, 0.6) is 5.75 Å². The third kappa shape index (κ3) is 4.23. The van der Waals surface area contributed by atoms with E-state index in [-0.39, 0.29) is 12.0 Å². The second-order valence-corrected chi connectivity index (χ2v) is 7.85. The summed E-state index contributed by atoms with van der Waals surface area (Å²) in [7, 11) is 0. The molecule has 0 radical (unpaired) electrons. The van der Waals surface area contributed by atoms with E-state index in [0.717, 1.165) is 33.1 Å². The van der Waals surface area contributed by atoms with Gasteiger partial charge in [-0.2, -0.15) is 5.10 Å². The first-order valence-electron chi connectivity index (χ1n) is 9.50. The van der Waals surface area contributed by atoms with Gasteiger partial charge < -0.3 is 10.1 Å². The maximum Gasteiger partial charge on any atom is 0.276 e. The lowest BCUT2D eigenvalue weighted by molar-refractivity contribution is 0.102. The summed E-state index contributed by atoms with van der Waals surface area (Å²) in [5.41, 5.74) is 3.94. The molecule has 4 rings (SSSR count). The number of nitrogens with zero attached hydrogens (tertiary/aromatic N) is 3. The third-order valence-electron chi connectivity index (χ3n) is 4.42. The first-order valence-corrected chi connectivity index (χ1v) is 10.4. The number of rotatable bonds is 6. The van der Waals surface area contributed by atoms with Gasteiger partial charge in [0, 0.05) is 34.5 Å². The lowest BCUT2D eigenvalue weighted by Crippen LogP contribution is -2.13. The van der Waals surface area contributed by atoms with Crippen molar-refractivity contribution in [3.63, 3.8) is 0 Å². The van der Waals surface area contributed by atoms with Gasteiger partial charge in [-0.05, 0) is 57.2 Å². The van der Waals surface area contributed by atoms with Crippen LogP contribution >= 0.6 is 11.3 Å². The van der Waals surface area contributed by atoms with E-state index in [1.807, 2.05) is 57.2 Å². The summed E-state index contributed by atoms with van der Waals surface area (Å²) >= 11 is 1.42. The molecule has 0 fully saturated rings. The summed E-state index contributed by atoms with van der Waals surface area (Å²) in [6.07, 6.45) is 3.55. The van der Waals surface area contributed by atoms with Crippen LogP contribution in [0.15, 0.2) is 54.2 Å². The van der Waals surface area contributed by atoms with Crippen molar-refractivity contribution in [1.82, 2.24) is 20.2 Å². The Morgan fingerprint density at radius 3 is 2.53 bits per heavy atom. The van der Waals surface area contributed by atoms with Crippen LogP contribution in [0.25, 0.3) is 21.8 Å². The van der Waals surface area contributed by atoms with E-state index >= 15 is 0 Å². The van der Waals surface area contributed by atoms with Crippen molar-refractivity contribution in [2.24, 2.45) is 0 Å². The molecule has 7 nitrogen and oxygen atoms in total. The number of amides is 1. The molecule has 30 heavy (non-hydrogen) atoms. The molecule has 0 aliphatic heterocycles. The van der Waals surface area contributed by atoms with Gasteiger partial charge in [0.1, 0.15) is 16.5 Å². The Morgan fingerprint density at radius 1 is 1.10 bits per heavy atom. The molecule has 4 aromatic rings. The summed E-state index contributed by atoms with van der Waals surface area (Å²) in [5, 5.41) is 12.6. The standard InChI is InChI=1S/C22H21N5O2S/c1-13(2)29-17-6-4-16(5-7-17)22-24-18(12-30-22)21(28)25-20-14(3)19(26-27-20)15-8-10-23-11-9-15/h4-13H,1-3H3,(H2,25,26,27,28). The lowest BCUT2D eigenvalue weighted by atomic mass is 10.1. The molecule has 152 valence electrons. The highest BCUT2D eigenvalue weighted by Gasteiger charge is 2.17. The van der Waals surface area contributed by atoms with Crippen molar-refractivity contribution in [2.75, 3.05) is 5.32 Å².